The van der Waals surface area contributed by atoms with E-state index in [4.69, 9.17) is 0 Å². The van der Waals surface area contributed by atoms with Crippen LogP contribution in [-0.4, -0.2) is 19.1 Å². The fraction of sp³-hybridized carbons (Fsp3) is 0.647. The number of nitrogens with zero attached hydrogens (tertiary/aromatic N) is 1. The van der Waals surface area contributed by atoms with Crippen LogP contribution in [-0.2, 0) is 6.54 Å². The molecular weight excluding hydrogens is 232 g/mol. The molecule has 0 radical (unpaired) electrons. The largest absolute Gasteiger partial charge is 0.367 e. The summed E-state index contributed by atoms with van der Waals surface area (Å²) in [5.41, 5.74) is 4.45. The van der Waals surface area contributed by atoms with Crippen LogP contribution in [0.5, 0.6) is 0 Å². The number of anilines is 1. The third-order valence-corrected chi connectivity index (χ3v) is 4.80. The molecule has 0 bridgehead atoms. The first-order chi connectivity index (χ1) is 9.25. The lowest BCUT2D eigenvalue weighted by atomic mass is 9.85. The molecule has 1 saturated carbocycles. The van der Waals surface area contributed by atoms with Crippen LogP contribution in [0, 0.1) is 12.8 Å². The molecule has 1 N–H and O–H groups in total. The fourth-order valence-electron chi connectivity index (χ4n) is 3.86. The van der Waals surface area contributed by atoms with Crippen molar-refractivity contribution in [3.63, 3.8) is 0 Å². The van der Waals surface area contributed by atoms with Gasteiger partial charge in [-0.3, -0.25) is 0 Å². The summed E-state index contributed by atoms with van der Waals surface area (Å²) in [6.45, 7) is 7.98. The maximum Gasteiger partial charge on any atom is 0.0444 e. The highest BCUT2D eigenvalue weighted by Gasteiger charge is 2.27. The molecule has 1 aromatic rings. The molecule has 1 heterocycles. The van der Waals surface area contributed by atoms with Gasteiger partial charge in [0.25, 0.3) is 0 Å². The standard InChI is InChI=1S/C17H26N2/c1-13-5-3-8-16(11-13)19-10-9-18-12-15-7-4-6-14(2)17(15)19/h4,6-7,13,16,18H,3,5,8-12H2,1-2H3. The zero-order chi connectivity index (χ0) is 13.2. The molecule has 1 fully saturated rings. The third kappa shape index (κ3) is 2.64. The molecule has 2 aliphatic rings. The second-order valence-corrected chi connectivity index (χ2v) is 6.38. The molecule has 1 aromatic carbocycles. The van der Waals surface area contributed by atoms with Crippen molar-refractivity contribution in [1.82, 2.24) is 5.32 Å². The summed E-state index contributed by atoms with van der Waals surface area (Å²) in [6.07, 6.45) is 5.56. The molecule has 2 unspecified atom stereocenters. The smallest absolute Gasteiger partial charge is 0.0444 e. The number of nitrogens with one attached hydrogen (secondary N) is 1. The Morgan fingerprint density at radius 3 is 3.00 bits per heavy atom. The van der Waals surface area contributed by atoms with Crippen LogP contribution in [0.4, 0.5) is 5.69 Å². The van der Waals surface area contributed by atoms with Gasteiger partial charge in [-0.05, 0) is 36.8 Å². The van der Waals surface area contributed by atoms with Crippen molar-refractivity contribution < 1.29 is 0 Å². The van der Waals surface area contributed by atoms with Crippen molar-refractivity contribution in [3.8, 4) is 0 Å². The minimum Gasteiger partial charge on any atom is -0.367 e. The van der Waals surface area contributed by atoms with Gasteiger partial charge in [0.05, 0.1) is 0 Å². The molecule has 104 valence electrons. The first-order valence-electron chi connectivity index (χ1n) is 7.81. The normalized spacial score (nSPS) is 27.8. The van der Waals surface area contributed by atoms with Gasteiger partial charge in [0.1, 0.15) is 0 Å². The third-order valence-electron chi connectivity index (χ3n) is 4.80. The van der Waals surface area contributed by atoms with E-state index in [0.717, 1.165) is 31.6 Å². The van der Waals surface area contributed by atoms with Crippen molar-refractivity contribution >= 4 is 5.69 Å². The van der Waals surface area contributed by atoms with E-state index in [0.29, 0.717) is 0 Å². The van der Waals surface area contributed by atoms with Gasteiger partial charge in [-0.1, -0.05) is 38.0 Å². The molecule has 2 nitrogen and oxygen atoms in total. The second-order valence-electron chi connectivity index (χ2n) is 6.38. The maximum atomic E-state index is 3.57. The van der Waals surface area contributed by atoms with Crippen LogP contribution < -0.4 is 10.2 Å². The zero-order valence-corrected chi connectivity index (χ0v) is 12.3. The Balaban J connectivity index is 1.93. The van der Waals surface area contributed by atoms with E-state index in [2.05, 4.69) is 42.3 Å². The molecule has 2 atom stereocenters. The fourth-order valence-corrected chi connectivity index (χ4v) is 3.86. The molecule has 0 amide bonds. The van der Waals surface area contributed by atoms with Crippen LogP contribution in [0.1, 0.15) is 43.7 Å². The first kappa shape index (κ1) is 13.0. The monoisotopic (exact) mass is 258 g/mol. The second kappa shape index (κ2) is 5.54. The lowest BCUT2D eigenvalue weighted by Gasteiger charge is -2.39. The number of hydrogen-bond donors (Lipinski definition) is 1. The van der Waals surface area contributed by atoms with Crippen LogP contribution in [0.2, 0.25) is 0 Å². The molecule has 0 spiro atoms. The minimum absolute atomic E-state index is 0.753. The van der Waals surface area contributed by atoms with Crippen LogP contribution in [0.3, 0.4) is 0 Å². The molecule has 0 aromatic heterocycles. The Morgan fingerprint density at radius 2 is 2.16 bits per heavy atom. The molecule has 3 rings (SSSR count). The number of para-hydroxylation sites is 1. The summed E-state index contributed by atoms with van der Waals surface area (Å²) >= 11 is 0. The quantitative estimate of drug-likeness (QED) is 0.829. The van der Waals surface area contributed by atoms with E-state index in [9.17, 15) is 0 Å². The Morgan fingerprint density at radius 1 is 1.26 bits per heavy atom. The summed E-state index contributed by atoms with van der Waals surface area (Å²) in [4.78, 5) is 2.71. The van der Waals surface area contributed by atoms with E-state index in [1.807, 2.05) is 0 Å². The van der Waals surface area contributed by atoms with Gasteiger partial charge in [0, 0.05) is 31.4 Å². The molecule has 1 aliphatic heterocycles. The lowest BCUT2D eigenvalue weighted by molar-refractivity contribution is 0.329. The molecule has 1 aliphatic carbocycles. The molecule has 0 saturated heterocycles. The van der Waals surface area contributed by atoms with Crippen LogP contribution in [0.15, 0.2) is 18.2 Å². The Labute approximate surface area is 117 Å². The van der Waals surface area contributed by atoms with Gasteiger partial charge in [-0.25, -0.2) is 0 Å². The van der Waals surface area contributed by atoms with Gasteiger partial charge < -0.3 is 10.2 Å². The number of rotatable bonds is 1. The van der Waals surface area contributed by atoms with Crippen molar-refractivity contribution in [2.24, 2.45) is 5.92 Å². The summed E-state index contributed by atoms with van der Waals surface area (Å²) in [7, 11) is 0. The Hall–Kier alpha value is -1.02. The predicted octanol–water partition coefficient (Wildman–Crippen LogP) is 3.48. The van der Waals surface area contributed by atoms with Crippen molar-refractivity contribution in [3.05, 3.63) is 29.3 Å². The van der Waals surface area contributed by atoms with E-state index >= 15 is 0 Å². The Bertz CT molecular complexity index is 441. The SMILES string of the molecule is Cc1cccc2c1N(C1CCCC(C)C1)CCNC2. The molecule has 2 heteroatoms. The molecular formula is C17H26N2. The van der Waals surface area contributed by atoms with Gasteiger partial charge in [-0.2, -0.15) is 0 Å². The number of aryl methyl sites for hydroxylation is 1. The highest BCUT2D eigenvalue weighted by atomic mass is 15.2. The van der Waals surface area contributed by atoms with Crippen LogP contribution in [0.25, 0.3) is 0 Å². The van der Waals surface area contributed by atoms with Gasteiger partial charge in [0.15, 0.2) is 0 Å². The average molecular weight is 258 g/mol. The van der Waals surface area contributed by atoms with Gasteiger partial charge >= 0.3 is 0 Å². The Kier molecular flexibility index (Phi) is 3.79. The summed E-state index contributed by atoms with van der Waals surface area (Å²) < 4.78 is 0. The van der Waals surface area contributed by atoms with Crippen LogP contribution >= 0.6 is 0 Å². The van der Waals surface area contributed by atoms with Crippen molar-refractivity contribution in [2.75, 3.05) is 18.0 Å². The zero-order valence-electron chi connectivity index (χ0n) is 12.3. The van der Waals surface area contributed by atoms with E-state index < -0.39 is 0 Å². The number of fused-ring (bicyclic) bond motifs is 1. The minimum atomic E-state index is 0.753. The van der Waals surface area contributed by atoms with Gasteiger partial charge in [0.2, 0.25) is 0 Å². The van der Waals surface area contributed by atoms with Gasteiger partial charge in [-0.15, -0.1) is 0 Å². The van der Waals surface area contributed by atoms with E-state index in [1.165, 1.54) is 42.5 Å². The number of hydrogen-bond acceptors (Lipinski definition) is 2. The topological polar surface area (TPSA) is 15.3 Å². The first-order valence-corrected chi connectivity index (χ1v) is 7.81. The van der Waals surface area contributed by atoms with E-state index in [1.54, 1.807) is 0 Å². The summed E-state index contributed by atoms with van der Waals surface area (Å²) in [6, 6.07) is 7.51. The average Bonchev–Trinajstić information content (AvgIpc) is 2.62. The van der Waals surface area contributed by atoms with Crippen molar-refractivity contribution in [1.29, 1.82) is 0 Å². The van der Waals surface area contributed by atoms with E-state index in [-0.39, 0.29) is 0 Å². The number of benzene rings is 1. The highest BCUT2D eigenvalue weighted by molar-refractivity contribution is 5.60. The highest BCUT2D eigenvalue weighted by Crippen LogP contribution is 2.34. The lowest BCUT2D eigenvalue weighted by Crippen LogP contribution is -2.41. The summed E-state index contributed by atoms with van der Waals surface area (Å²) in [5, 5.41) is 3.57. The van der Waals surface area contributed by atoms with Crippen molar-refractivity contribution in [2.45, 2.75) is 52.1 Å². The summed E-state index contributed by atoms with van der Waals surface area (Å²) in [5.74, 6) is 0.891. The maximum absolute atomic E-state index is 3.57. The predicted molar refractivity (Wildman–Crippen MR) is 81.7 cm³/mol. The molecule has 19 heavy (non-hydrogen) atoms.